The molecule has 2 aromatic heterocycles. The summed E-state index contributed by atoms with van der Waals surface area (Å²) in [7, 11) is 1.96. The molecule has 0 saturated heterocycles. The van der Waals surface area contributed by atoms with Crippen molar-refractivity contribution >= 4 is 16.9 Å². The van der Waals surface area contributed by atoms with Crippen LogP contribution in [0, 0.1) is 6.92 Å². The fourth-order valence-corrected chi connectivity index (χ4v) is 3.77. The fourth-order valence-electron chi connectivity index (χ4n) is 3.77. The minimum Gasteiger partial charge on any atom is -0.506 e. The summed E-state index contributed by atoms with van der Waals surface area (Å²) in [4.78, 5) is 25.8. The van der Waals surface area contributed by atoms with Gasteiger partial charge in [0.15, 0.2) is 5.56 Å². The van der Waals surface area contributed by atoms with Crippen molar-refractivity contribution in [3.8, 4) is 17.0 Å². The molecule has 1 aromatic carbocycles. The van der Waals surface area contributed by atoms with Crippen LogP contribution in [0.1, 0.15) is 21.6 Å². The second-order valence-corrected chi connectivity index (χ2v) is 6.69. The van der Waals surface area contributed by atoms with Crippen LogP contribution < -0.4 is 10.9 Å². The van der Waals surface area contributed by atoms with Crippen molar-refractivity contribution in [3.05, 3.63) is 51.4 Å². The van der Waals surface area contributed by atoms with E-state index in [1.54, 1.807) is 6.92 Å². The molecule has 1 unspecified atom stereocenters. The van der Waals surface area contributed by atoms with Gasteiger partial charge in [0, 0.05) is 41.2 Å². The standard InChI is InChI=1S/C19H19N3O4/c1-9-16(21-18(24)15(17(9)23)19(25)26)10-3-4-14-11(5-10)6-13-7-12(20-2)8-22(13)14/h3-6,12,20H,7-8H2,1-2H3,(H,25,26)(H2,21,23,24). The van der Waals surface area contributed by atoms with E-state index < -0.39 is 22.8 Å². The van der Waals surface area contributed by atoms with Gasteiger partial charge in [0.1, 0.15) is 5.75 Å². The molecule has 3 heterocycles. The molecule has 4 N–H and O–H groups in total. The summed E-state index contributed by atoms with van der Waals surface area (Å²) in [5.74, 6) is -1.94. The zero-order chi connectivity index (χ0) is 18.6. The molecule has 0 saturated carbocycles. The van der Waals surface area contributed by atoms with E-state index in [9.17, 15) is 14.7 Å². The maximum atomic E-state index is 12.1. The van der Waals surface area contributed by atoms with Crippen molar-refractivity contribution in [2.45, 2.75) is 25.9 Å². The first-order valence-corrected chi connectivity index (χ1v) is 8.39. The molecule has 1 atom stereocenters. The molecule has 26 heavy (non-hydrogen) atoms. The van der Waals surface area contributed by atoms with E-state index in [4.69, 9.17) is 5.11 Å². The number of carboxylic acid groups (broad SMARTS) is 1. The lowest BCUT2D eigenvalue weighted by Crippen LogP contribution is -2.26. The first kappa shape index (κ1) is 16.4. The molecule has 0 bridgehead atoms. The summed E-state index contributed by atoms with van der Waals surface area (Å²) in [6.07, 6.45) is 0.963. The fraction of sp³-hybridized carbons (Fsp3) is 0.263. The third-order valence-electron chi connectivity index (χ3n) is 5.19. The van der Waals surface area contributed by atoms with Gasteiger partial charge in [-0.05, 0) is 37.7 Å². The Morgan fingerprint density at radius 2 is 2.12 bits per heavy atom. The molecule has 7 nitrogen and oxygen atoms in total. The number of hydrogen-bond donors (Lipinski definition) is 4. The number of nitrogens with zero attached hydrogens (tertiary/aromatic N) is 1. The van der Waals surface area contributed by atoms with Crippen molar-refractivity contribution in [2.24, 2.45) is 0 Å². The Morgan fingerprint density at radius 3 is 2.81 bits per heavy atom. The van der Waals surface area contributed by atoms with Crippen molar-refractivity contribution in [1.29, 1.82) is 0 Å². The van der Waals surface area contributed by atoms with Crippen LogP contribution in [0.3, 0.4) is 0 Å². The van der Waals surface area contributed by atoms with Crippen molar-refractivity contribution in [2.75, 3.05) is 7.05 Å². The van der Waals surface area contributed by atoms with Crippen LogP contribution in [0.5, 0.6) is 5.75 Å². The first-order valence-electron chi connectivity index (χ1n) is 8.39. The van der Waals surface area contributed by atoms with Gasteiger partial charge in [-0.25, -0.2) is 4.79 Å². The van der Waals surface area contributed by atoms with Crippen LogP contribution >= 0.6 is 0 Å². The molecule has 0 spiro atoms. The van der Waals surface area contributed by atoms with Gasteiger partial charge in [0.25, 0.3) is 5.56 Å². The van der Waals surface area contributed by atoms with Crippen LogP contribution in [-0.2, 0) is 13.0 Å². The Labute approximate surface area is 148 Å². The van der Waals surface area contributed by atoms with E-state index in [0.717, 1.165) is 29.4 Å². The molecule has 134 valence electrons. The third-order valence-corrected chi connectivity index (χ3v) is 5.19. The number of aromatic amines is 1. The number of aromatic hydroxyl groups is 1. The lowest BCUT2D eigenvalue weighted by Gasteiger charge is -2.11. The topological polar surface area (TPSA) is 107 Å². The Bertz CT molecular complexity index is 1110. The third kappa shape index (κ3) is 2.32. The second-order valence-electron chi connectivity index (χ2n) is 6.69. The number of H-pyrrole nitrogens is 1. The summed E-state index contributed by atoms with van der Waals surface area (Å²) in [6.45, 7) is 2.51. The van der Waals surface area contributed by atoms with E-state index in [0.29, 0.717) is 17.3 Å². The maximum Gasteiger partial charge on any atom is 0.345 e. The van der Waals surface area contributed by atoms with Gasteiger partial charge < -0.3 is 25.1 Å². The summed E-state index contributed by atoms with van der Waals surface area (Å²) in [5.41, 5.74) is 2.43. The predicted molar refractivity (Wildman–Crippen MR) is 97.9 cm³/mol. The molecule has 4 rings (SSSR count). The van der Waals surface area contributed by atoms with Crippen LogP contribution in [0.25, 0.3) is 22.2 Å². The second kappa shape index (κ2) is 5.74. The number of pyridine rings is 1. The predicted octanol–water partition coefficient (Wildman–Crippen LogP) is 1.85. The highest BCUT2D eigenvalue weighted by atomic mass is 16.4. The van der Waals surface area contributed by atoms with Crippen LogP contribution in [0.2, 0.25) is 0 Å². The number of likely N-dealkylation sites (N-methyl/N-ethyl adjacent to an activating group) is 1. The van der Waals surface area contributed by atoms with E-state index in [1.807, 2.05) is 25.2 Å². The molecule has 1 aliphatic rings. The van der Waals surface area contributed by atoms with Gasteiger partial charge >= 0.3 is 5.97 Å². The smallest absolute Gasteiger partial charge is 0.345 e. The van der Waals surface area contributed by atoms with E-state index in [2.05, 4.69) is 20.9 Å². The van der Waals surface area contributed by atoms with Crippen LogP contribution in [-0.4, -0.2) is 38.8 Å². The molecule has 1 aliphatic heterocycles. The lowest BCUT2D eigenvalue weighted by molar-refractivity contribution is 0.0691. The molecule has 7 heteroatoms. The van der Waals surface area contributed by atoms with Crippen LogP contribution in [0.4, 0.5) is 0 Å². The lowest BCUT2D eigenvalue weighted by atomic mass is 10.0. The molecule has 0 aliphatic carbocycles. The maximum absolute atomic E-state index is 12.1. The number of carboxylic acids is 1. The molecule has 0 radical (unpaired) electrons. The Balaban J connectivity index is 1.84. The number of benzene rings is 1. The highest BCUT2D eigenvalue weighted by Crippen LogP contribution is 2.32. The number of hydrogen-bond acceptors (Lipinski definition) is 4. The van der Waals surface area contributed by atoms with Crippen molar-refractivity contribution < 1.29 is 15.0 Å². The first-order chi connectivity index (χ1) is 12.4. The summed E-state index contributed by atoms with van der Waals surface area (Å²) < 4.78 is 2.28. The van der Waals surface area contributed by atoms with Gasteiger partial charge in [0.05, 0.1) is 5.69 Å². The van der Waals surface area contributed by atoms with Gasteiger partial charge in [-0.1, -0.05) is 6.07 Å². The quantitative estimate of drug-likeness (QED) is 0.575. The van der Waals surface area contributed by atoms with E-state index >= 15 is 0 Å². The summed E-state index contributed by atoms with van der Waals surface area (Å²) in [6, 6.07) is 8.39. The number of rotatable bonds is 3. The average molecular weight is 353 g/mol. The van der Waals surface area contributed by atoms with E-state index in [-0.39, 0.29) is 0 Å². The summed E-state index contributed by atoms with van der Waals surface area (Å²) >= 11 is 0. The Kier molecular flexibility index (Phi) is 3.62. The highest BCUT2D eigenvalue weighted by molar-refractivity contribution is 5.92. The normalized spacial score (nSPS) is 16.2. The minimum atomic E-state index is -1.45. The number of aromatic carboxylic acids is 1. The number of nitrogens with one attached hydrogen (secondary N) is 2. The average Bonchev–Trinajstić information content (AvgIpc) is 3.14. The molecular formula is C19H19N3O4. The SMILES string of the molecule is CNC1Cc2cc3cc(-c4[nH]c(=O)c(C(=O)O)c(O)c4C)ccc3n2C1. The van der Waals surface area contributed by atoms with Crippen LogP contribution in [0.15, 0.2) is 29.1 Å². The van der Waals surface area contributed by atoms with Gasteiger partial charge in [-0.15, -0.1) is 0 Å². The number of aromatic nitrogens is 2. The summed E-state index contributed by atoms with van der Waals surface area (Å²) in [5, 5.41) is 23.6. The van der Waals surface area contributed by atoms with Gasteiger partial charge in [-0.3, -0.25) is 4.79 Å². The van der Waals surface area contributed by atoms with E-state index in [1.165, 1.54) is 5.69 Å². The van der Waals surface area contributed by atoms with Crippen molar-refractivity contribution in [3.63, 3.8) is 0 Å². The number of carbonyl (C=O) groups is 1. The Hall–Kier alpha value is -3.06. The van der Waals surface area contributed by atoms with Crippen molar-refractivity contribution in [1.82, 2.24) is 14.9 Å². The zero-order valence-electron chi connectivity index (χ0n) is 14.5. The Morgan fingerprint density at radius 1 is 1.35 bits per heavy atom. The van der Waals surface area contributed by atoms with Gasteiger partial charge in [0.2, 0.25) is 0 Å². The molecule has 0 amide bonds. The number of fused-ring (bicyclic) bond motifs is 3. The monoisotopic (exact) mass is 353 g/mol. The largest absolute Gasteiger partial charge is 0.506 e. The highest BCUT2D eigenvalue weighted by Gasteiger charge is 2.23. The van der Waals surface area contributed by atoms with Gasteiger partial charge in [-0.2, -0.15) is 0 Å². The zero-order valence-corrected chi connectivity index (χ0v) is 14.5. The molecular weight excluding hydrogens is 334 g/mol. The minimum absolute atomic E-state index is 0.336. The molecule has 3 aromatic rings. The molecule has 0 fully saturated rings.